The molecule has 4 nitrogen and oxygen atoms in total. The van der Waals surface area contributed by atoms with Crippen molar-refractivity contribution in [2.24, 2.45) is 7.05 Å². The van der Waals surface area contributed by atoms with E-state index in [2.05, 4.69) is 26.0 Å². The monoisotopic (exact) mass is 293 g/mol. The van der Waals surface area contributed by atoms with E-state index < -0.39 is 0 Å². The normalized spacial score (nSPS) is 10.5. The first kappa shape index (κ1) is 12.0. The fraction of sp³-hybridized carbons (Fsp3) is 0.250. The van der Waals surface area contributed by atoms with Crippen LogP contribution in [0.25, 0.3) is 0 Å². The molecule has 2 heterocycles. The Bertz CT molecular complexity index is 563. The average Bonchev–Trinajstić information content (AvgIpc) is 2.57. The maximum absolute atomic E-state index is 12.0. The van der Waals surface area contributed by atoms with Gasteiger partial charge < -0.3 is 0 Å². The Labute approximate surface area is 108 Å². The number of hydrogen-bond acceptors (Lipinski definition) is 3. The van der Waals surface area contributed by atoms with Gasteiger partial charge in [-0.1, -0.05) is 0 Å². The summed E-state index contributed by atoms with van der Waals surface area (Å²) in [6.45, 7) is 1.91. The Balaban J connectivity index is 2.20. The van der Waals surface area contributed by atoms with Crippen molar-refractivity contribution in [3.63, 3.8) is 0 Å². The molecule has 0 aromatic carbocycles. The molecule has 2 rings (SSSR count). The van der Waals surface area contributed by atoms with Gasteiger partial charge in [-0.3, -0.25) is 14.5 Å². The topological polar surface area (TPSA) is 47.8 Å². The fourth-order valence-corrected chi connectivity index (χ4v) is 2.03. The van der Waals surface area contributed by atoms with Crippen molar-refractivity contribution >= 4 is 21.7 Å². The predicted octanol–water partition coefficient (Wildman–Crippen LogP) is 2.31. The van der Waals surface area contributed by atoms with E-state index in [-0.39, 0.29) is 5.78 Å². The second-order valence-corrected chi connectivity index (χ2v) is 4.81. The van der Waals surface area contributed by atoms with Crippen molar-refractivity contribution in [3.8, 4) is 0 Å². The minimum Gasteiger partial charge on any atom is -0.294 e. The molecule has 0 saturated carbocycles. The van der Waals surface area contributed by atoms with Gasteiger partial charge in [-0.15, -0.1) is 0 Å². The first-order valence-corrected chi connectivity index (χ1v) is 5.99. The number of carbonyl (C=O) groups is 1. The predicted molar refractivity (Wildman–Crippen MR) is 67.9 cm³/mol. The molecule has 2 aromatic rings. The molecule has 0 unspecified atom stereocenters. The van der Waals surface area contributed by atoms with E-state index in [4.69, 9.17) is 0 Å². The van der Waals surface area contributed by atoms with Crippen molar-refractivity contribution in [2.75, 3.05) is 0 Å². The number of aromatic nitrogens is 3. The van der Waals surface area contributed by atoms with Crippen LogP contribution < -0.4 is 0 Å². The summed E-state index contributed by atoms with van der Waals surface area (Å²) in [7, 11) is 1.84. The van der Waals surface area contributed by atoms with Crippen LogP contribution in [0.2, 0.25) is 0 Å². The van der Waals surface area contributed by atoms with Gasteiger partial charge in [0.05, 0.1) is 12.1 Å². The largest absolute Gasteiger partial charge is 0.294 e. The first-order chi connectivity index (χ1) is 8.06. The molecule has 0 bridgehead atoms. The van der Waals surface area contributed by atoms with E-state index in [0.29, 0.717) is 12.0 Å². The van der Waals surface area contributed by atoms with Gasteiger partial charge in [0.25, 0.3) is 0 Å². The zero-order valence-electron chi connectivity index (χ0n) is 9.64. The lowest BCUT2D eigenvalue weighted by Crippen LogP contribution is -2.08. The average molecular weight is 294 g/mol. The molecule has 0 radical (unpaired) electrons. The van der Waals surface area contributed by atoms with Crippen molar-refractivity contribution in [1.29, 1.82) is 0 Å². The van der Waals surface area contributed by atoms with Crippen LogP contribution in [0.4, 0.5) is 0 Å². The number of carbonyl (C=O) groups excluding carboxylic acids is 1. The van der Waals surface area contributed by atoms with Gasteiger partial charge in [-0.05, 0) is 35.0 Å². The quantitative estimate of drug-likeness (QED) is 0.816. The molecule has 0 aliphatic carbocycles. The summed E-state index contributed by atoms with van der Waals surface area (Å²) in [5.74, 6) is 0.0433. The second kappa shape index (κ2) is 4.79. The standard InChI is InChI=1S/C12H12BrN3O/c1-8-3-11(16(2)15-8)5-12(17)9-4-10(13)7-14-6-9/h3-4,6-7H,5H2,1-2H3. The zero-order valence-corrected chi connectivity index (χ0v) is 11.2. The molecule has 0 aliphatic rings. The lowest BCUT2D eigenvalue weighted by Gasteiger charge is -2.01. The molecule has 0 spiro atoms. The third-order valence-corrected chi connectivity index (χ3v) is 2.90. The number of Topliss-reactive ketones (excluding diaryl/α,β-unsaturated/α-hetero) is 1. The number of aryl methyl sites for hydroxylation is 2. The maximum Gasteiger partial charge on any atom is 0.170 e. The van der Waals surface area contributed by atoms with Crippen LogP contribution in [0.3, 0.4) is 0 Å². The highest BCUT2D eigenvalue weighted by molar-refractivity contribution is 9.10. The van der Waals surface area contributed by atoms with Gasteiger partial charge in [0, 0.05) is 35.2 Å². The highest BCUT2D eigenvalue weighted by Gasteiger charge is 2.11. The number of hydrogen-bond donors (Lipinski definition) is 0. The summed E-state index contributed by atoms with van der Waals surface area (Å²) < 4.78 is 2.54. The number of nitrogens with zero attached hydrogens (tertiary/aromatic N) is 3. The minimum absolute atomic E-state index is 0.0433. The molecular formula is C12H12BrN3O. The van der Waals surface area contributed by atoms with E-state index >= 15 is 0 Å². The Morgan fingerprint density at radius 3 is 2.76 bits per heavy atom. The van der Waals surface area contributed by atoms with E-state index in [1.165, 1.54) is 0 Å². The summed E-state index contributed by atoms with van der Waals surface area (Å²) in [6, 6.07) is 3.70. The molecule has 0 aliphatic heterocycles. The van der Waals surface area contributed by atoms with E-state index in [0.717, 1.165) is 15.9 Å². The highest BCUT2D eigenvalue weighted by atomic mass is 79.9. The second-order valence-electron chi connectivity index (χ2n) is 3.89. The Morgan fingerprint density at radius 1 is 1.41 bits per heavy atom. The van der Waals surface area contributed by atoms with E-state index in [1.807, 2.05) is 20.0 Å². The van der Waals surface area contributed by atoms with Crippen molar-refractivity contribution < 1.29 is 4.79 Å². The first-order valence-electron chi connectivity index (χ1n) is 5.19. The van der Waals surface area contributed by atoms with Crippen LogP contribution in [-0.4, -0.2) is 20.5 Å². The molecular weight excluding hydrogens is 282 g/mol. The summed E-state index contributed by atoms with van der Waals surface area (Å²) in [4.78, 5) is 16.0. The Kier molecular flexibility index (Phi) is 3.38. The number of pyridine rings is 1. The molecule has 17 heavy (non-hydrogen) atoms. The third-order valence-electron chi connectivity index (χ3n) is 2.47. The number of halogens is 1. The van der Waals surface area contributed by atoms with Crippen molar-refractivity contribution in [3.05, 3.63) is 46.0 Å². The molecule has 5 heteroatoms. The van der Waals surface area contributed by atoms with Crippen LogP contribution in [0.15, 0.2) is 29.0 Å². The molecule has 0 atom stereocenters. The van der Waals surface area contributed by atoms with Crippen LogP contribution in [0.1, 0.15) is 21.7 Å². The summed E-state index contributed by atoms with van der Waals surface area (Å²) in [6.07, 6.45) is 3.58. The SMILES string of the molecule is Cc1cc(CC(=O)c2cncc(Br)c2)n(C)n1. The minimum atomic E-state index is 0.0433. The molecule has 88 valence electrons. The van der Waals surface area contributed by atoms with Crippen LogP contribution in [-0.2, 0) is 13.5 Å². The molecule has 2 aromatic heterocycles. The zero-order chi connectivity index (χ0) is 12.4. The molecule has 0 N–H and O–H groups in total. The van der Waals surface area contributed by atoms with Gasteiger partial charge in [0.2, 0.25) is 0 Å². The fourth-order valence-electron chi connectivity index (χ4n) is 1.66. The van der Waals surface area contributed by atoms with Crippen molar-refractivity contribution in [2.45, 2.75) is 13.3 Å². The van der Waals surface area contributed by atoms with Crippen LogP contribution in [0.5, 0.6) is 0 Å². The molecule has 0 saturated heterocycles. The third kappa shape index (κ3) is 2.79. The lowest BCUT2D eigenvalue weighted by molar-refractivity contribution is 0.0990. The summed E-state index contributed by atoms with van der Waals surface area (Å²) in [5, 5.41) is 4.21. The van der Waals surface area contributed by atoms with Gasteiger partial charge in [-0.2, -0.15) is 5.10 Å². The number of rotatable bonds is 3. The number of ketones is 1. The van der Waals surface area contributed by atoms with E-state index in [9.17, 15) is 4.79 Å². The van der Waals surface area contributed by atoms with Crippen LogP contribution >= 0.6 is 15.9 Å². The van der Waals surface area contributed by atoms with Crippen LogP contribution in [0, 0.1) is 6.92 Å². The molecule has 0 amide bonds. The summed E-state index contributed by atoms with van der Waals surface area (Å²) in [5.41, 5.74) is 2.44. The highest BCUT2D eigenvalue weighted by Crippen LogP contribution is 2.12. The maximum atomic E-state index is 12.0. The smallest absolute Gasteiger partial charge is 0.170 e. The molecule has 0 fully saturated rings. The van der Waals surface area contributed by atoms with Gasteiger partial charge in [-0.25, -0.2) is 0 Å². The lowest BCUT2D eigenvalue weighted by atomic mass is 10.1. The van der Waals surface area contributed by atoms with Gasteiger partial charge in [0.1, 0.15) is 0 Å². The Hall–Kier alpha value is -1.49. The van der Waals surface area contributed by atoms with E-state index in [1.54, 1.807) is 23.1 Å². The van der Waals surface area contributed by atoms with Crippen molar-refractivity contribution in [1.82, 2.24) is 14.8 Å². The van der Waals surface area contributed by atoms with Gasteiger partial charge >= 0.3 is 0 Å². The van der Waals surface area contributed by atoms with Gasteiger partial charge in [0.15, 0.2) is 5.78 Å². The summed E-state index contributed by atoms with van der Waals surface area (Å²) >= 11 is 3.30. The Morgan fingerprint density at radius 2 is 2.18 bits per heavy atom.